The van der Waals surface area contributed by atoms with E-state index in [1.807, 2.05) is 24.4 Å². The van der Waals surface area contributed by atoms with E-state index < -0.39 is 0 Å². The van der Waals surface area contributed by atoms with Gasteiger partial charge >= 0.3 is 0 Å². The second-order valence-corrected chi connectivity index (χ2v) is 4.50. The van der Waals surface area contributed by atoms with Crippen LogP contribution in [0.4, 0.5) is 0 Å². The van der Waals surface area contributed by atoms with E-state index in [2.05, 4.69) is 30.8 Å². The van der Waals surface area contributed by atoms with Gasteiger partial charge in [0.25, 0.3) is 0 Å². The topological polar surface area (TPSA) is 42.1 Å². The first-order valence-corrected chi connectivity index (χ1v) is 5.41. The molecule has 1 unspecified atom stereocenters. The van der Waals surface area contributed by atoms with Crippen molar-refractivity contribution >= 4 is 0 Å². The fourth-order valence-electron chi connectivity index (χ4n) is 1.55. The van der Waals surface area contributed by atoms with Crippen LogP contribution in [-0.4, -0.2) is 29.0 Å². The van der Waals surface area contributed by atoms with Gasteiger partial charge in [-0.1, -0.05) is 13.0 Å². The standard InChI is InChI=1S/C12H21N3/c1-4-12(2,13)10-15(3)9-11-7-5-6-8-14-11/h5-8H,4,9-10,13H2,1-3H3. The van der Waals surface area contributed by atoms with Crippen LogP contribution in [-0.2, 0) is 6.54 Å². The summed E-state index contributed by atoms with van der Waals surface area (Å²) in [4.78, 5) is 6.51. The minimum absolute atomic E-state index is 0.108. The number of nitrogens with two attached hydrogens (primary N) is 1. The zero-order valence-electron chi connectivity index (χ0n) is 9.90. The third-order valence-corrected chi connectivity index (χ3v) is 2.60. The Morgan fingerprint density at radius 1 is 1.47 bits per heavy atom. The molecule has 0 aliphatic carbocycles. The van der Waals surface area contributed by atoms with Crippen LogP contribution in [0.5, 0.6) is 0 Å². The van der Waals surface area contributed by atoms with E-state index in [1.165, 1.54) is 0 Å². The number of rotatable bonds is 5. The highest BCUT2D eigenvalue weighted by atomic mass is 15.1. The maximum absolute atomic E-state index is 6.11. The predicted molar refractivity (Wildman–Crippen MR) is 63.5 cm³/mol. The predicted octanol–water partition coefficient (Wildman–Crippen LogP) is 1.64. The Balaban J connectivity index is 2.46. The quantitative estimate of drug-likeness (QED) is 0.798. The van der Waals surface area contributed by atoms with Crippen LogP contribution in [0, 0.1) is 0 Å². The molecule has 0 aliphatic rings. The first kappa shape index (κ1) is 12.1. The molecule has 1 aromatic heterocycles. The normalized spacial score (nSPS) is 15.3. The van der Waals surface area contributed by atoms with Crippen molar-refractivity contribution < 1.29 is 0 Å². The van der Waals surface area contributed by atoms with Gasteiger partial charge in [0.1, 0.15) is 0 Å². The number of pyridine rings is 1. The van der Waals surface area contributed by atoms with Gasteiger partial charge in [-0.15, -0.1) is 0 Å². The zero-order valence-corrected chi connectivity index (χ0v) is 9.90. The van der Waals surface area contributed by atoms with Gasteiger partial charge in [-0.2, -0.15) is 0 Å². The van der Waals surface area contributed by atoms with E-state index in [4.69, 9.17) is 5.73 Å². The number of hydrogen-bond donors (Lipinski definition) is 1. The summed E-state index contributed by atoms with van der Waals surface area (Å²) < 4.78 is 0. The molecule has 1 aromatic rings. The lowest BCUT2D eigenvalue weighted by molar-refractivity contribution is 0.244. The lowest BCUT2D eigenvalue weighted by Crippen LogP contribution is -2.45. The molecule has 1 rings (SSSR count). The summed E-state index contributed by atoms with van der Waals surface area (Å²) in [5.74, 6) is 0. The fraction of sp³-hybridized carbons (Fsp3) is 0.583. The van der Waals surface area contributed by atoms with Crippen LogP contribution in [0.15, 0.2) is 24.4 Å². The van der Waals surface area contributed by atoms with Gasteiger partial charge in [0.15, 0.2) is 0 Å². The molecule has 0 aromatic carbocycles. The molecule has 2 N–H and O–H groups in total. The van der Waals surface area contributed by atoms with E-state index in [0.29, 0.717) is 0 Å². The van der Waals surface area contributed by atoms with Crippen molar-refractivity contribution in [2.24, 2.45) is 5.73 Å². The second-order valence-electron chi connectivity index (χ2n) is 4.50. The van der Waals surface area contributed by atoms with Gasteiger partial charge in [0.05, 0.1) is 5.69 Å². The SMILES string of the molecule is CCC(C)(N)CN(C)Cc1ccccn1. The molecule has 15 heavy (non-hydrogen) atoms. The maximum atomic E-state index is 6.11. The molecule has 0 bridgehead atoms. The Morgan fingerprint density at radius 3 is 2.73 bits per heavy atom. The van der Waals surface area contributed by atoms with Gasteiger partial charge in [0, 0.05) is 24.8 Å². The van der Waals surface area contributed by atoms with Crippen molar-refractivity contribution in [3.63, 3.8) is 0 Å². The average molecular weight is 207 g/mol. The molecule has 0 radical (unpaired) electrons. The summed E-state index contributed by atoms with van der Waals surface area (Å²) in [6.45, 7) is 5.95. The molecule has 84 valence electrons. The average Bonchev–Trinajstić information content (AvgIpc) is 2.18. The Morgan fingerprint density at radius 2 is 2.20 bits per heavy atom. The molecule has 0 fully saturated rings. The van der Waals surface area contributed by atoms with Crippen LogP contribution in [0.1, 0.15) is 26.0 Å². The molecular weight excluding hydrogens is 186 g/mol. The highest BCUT2D eigenvalue weighted by Gasteiger charge is 2.18. The van der Waals surface area contributed by atoms with Crippen LogP contribution in [0.3, 0.4) is 0 Å². The molecule has 3 heteroatoms. The summed E-state index contributed by atoms with van der Waals surface area (Å²) >= 11 is 0. The van der Waals surface area contributed by atoms with Gasteiger partial charge in [-0.25, -0.2) is 0 Å². The molecule has 0 aliphatic heterocycles. The zero-order chi connectivity index (χ0) is 11.3. The second kappa shape index (κ2) is 5.24. The van der Waals surface area contributed by atoms with Crippen molar-refractivity contribution in [2.75, 3.05) is 13.6 Å². The highest BCUT2D eigenvalue weighted by molar-refractivity contribution is 5.03. The Hall–Kier alpha value is -0.930. The molecule has 0 saturated carbocycles. The molecule has 3 nitrogen and oxygen atoms in total. The van der Waals surface area contributed by atoms with Gasteiger partial charge in [0.2, 0.25) is 0 Å². The van der Waals surface area contributed by atoms with Crippen molar-refractivity contribution in [2.45, 2.75) is 32.4 Å². The third kappa shape index (κ3) is 4.40. The molecule has 0 spiro atoms. The van der Waals surface area contributed by atoms with Gasteiger partial charge in [-0.05, 0) is 32.5 Å². The fourth-order valence-corrected chi connectivity index (χ4v) is 1.55. The van der Waals surface area contributed by atoms with E-state index in [1.54, 1.807) is 0 Å². The molecule has 0 saturated heterocycles. The Labute approximate surface area is 92.3 Å². The van der Waals surface area contributed by atoms with E-state index in [9.17, 15) is 0 Å². The smallest absolute Gasteiger partial charge is 0.0543 e. The maximum Gasteiger partial charge on any atom is 0.0543 e. The molecular formula is C12H21N3. The van der Waals surface area contributed by atoms with E-state index >= 15 is 0 Å². The number of nitrogens with zero attached hydrogens (tertiary/aromatic N) is 2. The number of hydrogen-bond acceptors (Lipinski definition) is 3. The molecule has 0 amide bonds. The summed E-state index contributed by atoms with van der Waals surface area (Å²) in [5.41, 5.74) is 7.09. The number of aromatic nitrogens is 1. The molecule has 1 atom stereocenters. The first-order chi connectivity index (χ1) is 7.03. The van der Waals surface area contributed by atoms with Gasteiger partial charge in [-0.3, -0.25) is 9.88 Å². The summed E-state index contributed by atoms with van der Waals surface area (Å²) in [5, 5.41) is 0. The summed E-state index contributed by atoms with van der Waals surface area (Å²) in [6, 6.07) is 5.98. The highest BCUT2D eigenvalue weighted by Crippen LogP contribution is 2.08. The van der Waals surface area contributed by atoms with Gasteiger partial charge < -0.3 is 5.73 Å². The minimum atomic E-state index is -0.108. The Bertz CT molecular complexity index is 282. The summed E-state index contributed by atoms with van der Waals surface area (Å²) in [7, 11) is 2.08. The van der Waals surface area contributed by atoms with Crippen molar-refractivity contribution in [1.29, 1.82) is 0 Å². The van der Waals surface area contributed by atoms with Crippen molar-refractivity contribution in [3.05, 3.63) is 30.1 Å². The minimum Gasteiger partial charge on any atom is -0.324 e. The number of likely N-dealkylation sites (N-methyl/N-ethyl adjacent to an activating group) is 1. The lowest BCUT2D eigenvalue weighted by atomic mass is 10.00. The van der Waals surface area contributed by atoms with Crippen LogP contribution < -0.4 is 5.73 Å². The van der Waals surface area contributed by atoms with E-state index in [0.717, 1.165) is 25.2 Å². The molecule has 1 heterocycles. The summed E-state index contributed by atoms with van der Waals surface area (Å²) in [6.07, 6.45) is 2.81. The van der Waals surface area contributed by atoms with Crippen molar-refractivity contribution in [3.8, 4) is 0 Å². The van der Waals surface area contributed by atoms with Crippen LogP contribution in [0.2, 0.25) is 0 Å². The third-order valence-electron chi connectivity index (χ3n) is 2.60. The lowest BCUT2D eigenvalue weighted by Gasteiger charge is -2.28. The Kier molecular flexibility index (Phi) is 4.24. The van der Waals surface area contributed by atoms with E-state index in [-0.39, 0.29) is 5.54 Å². The largest absolute Gasteiger partial charge is 0.324 e. The van der Waals surface area contributed by atoms with Crippen LogP contribution >= 0.6 is 0 Å². The first-order valence-electron chi connectivity index (χ1n) is 5.41. The van der Waals surface area contributed by atoms with Crippen LogP contribution in [0.25, 0.3) is 0 Å². The monoisotopic (exact) mass is 207 g/mol. The van der Waals surface area contributed by atoms with Crippen molar-refractivity contribution in [1.82, 2.24) is 9.88 Å².